The topological polar surface area (TPSA) is 72.5 Å². The molecule has 17 heavy (non-hydrogen) atoms. The molecule has 0 heterocycles. The van der Waals surface area contributed by atoms with Crippen LogP contribution in [0.25, 0.3) is 0 Å². The second-order valence-electron chi connectivity index (χ2n) is 3.47. The van der Waals surface area contributed by atoms with Crippen molar-refractivity contribution in [3.8, 4) is 0 Å². The van der Waals surface area contributed by atoms with E-state index in [9.17, 15) is 13.2 Å². The van der Waals surface area contributed by atoms with Gasteiger partial charge in [0.25, 0.3) is 0 Å². The molecule has 0 fully saturated rings. The first-order valence-corrected chi connectivity index (χ1v) is 6.55. The molecule has 0 aliphatic rings. The zero-order valence-electron chi connectivity index (χ0n) is 9.76. The van der Waals surface area contributed by atoms with Gasteiger partial charge >= 0.3 is 0 Å². The van der Waals surface area contributed by atoms with Crippen molar-refractivity contribution >= 4 is 15.8 Å². The lowest BCUT2D eigenvalue weighted by atomic mass is 10.2. The summed E-state index contributed by atoms with van der Waals surface area (Å²) in [6.45, 7) is 1.96. The van der Waals surface area contributed by atoms with Crippen molar-refractivity contribution in [2.45, 2.75) is 11.8 Å². The van der Waals surface area contributed by atoms with Crippen LogP contribution in [0.2, 0.25) is 0 Å². The fraction of sp³-hybridized carbons (Fsp3) is 0.364. The third kappa shape index (κ3) is 3.92. The van der Waals surface area contributed by atoms with Crippen molar-refractivity contribution in [2.75, 3.05) is 20.3 Å². The Balaban J connectivity index is 2.81. The number of ketones is 1. The van der Waals surface area contributed by atoms with E-state index in [1.807, 2.05) is 0 Å². The molecule has 0 saturated carbocycles. The van der Waals surface area contributed by atoms with Crippen LogP contribution in [0.4, 0.5) is 0 Å². The van der Waals surface area contributed by atoms with Crippen molar-refractivity contribution < 1.29 is 17.9 Å². The number of sulfonamides is 1. The highest BCUT2D eigenvalue weighted by Gasteiger charge is 2.13. The highest BCUT2D eigenvalue weighted by atomic mass is 32.2. The molecule has 0 spiro atoms. The molecular weight excluding hydrogens is 242 g/mol. The van der Waals surface area contributed by atoms with Crippen LogP contribution in [0.15, 0.2) is 29.2 Å². The van der Waals surface area contributed by atoms with Crippen LogP contribution in [0.3, 0.4) is 0 Å². The largest absolute Gasteiger partial charge is 0.383 e. The van der Waals surface area contributed by atoms with Crippen LogP contribution < -0.4 is 4.72 Å². The summed E-state index contributed by atoms with van der Waals surface area (Å²) in [5, 5.41) is 0. The van der Waals surface area contributed by atoms with E-state index in [-0.39, 0.29) is 17.2 Å². The number of nitrogens with one attached hydrogen (secondary N) is 1. The maximum absolute atomic E-state index is 11.7. The molecule has 0 unspecified atom stereocenters. The van der Waals surface area contributed by atoms with Gasteiger partial charge in [0.1, 0.15) is 0 Å². The monoisotopic (exact) mass is 257 g/mol. The van der Waals surface area contributed by atoms with E-state index in [0.717, 1.165) is 0 Å². The number of Topliss-reactive ketones (excluding diaryl/α,β-unsaturated/α-hetero) is 1. The van der Waals surface area contributed by atoms with Crippen LogP contribution in [0, 0.1) is 0 Å². The van der Waals surface area contributed by atoms with E-state index in [1.54, 1.807) is 0 Å². The van der Waals surface area contributed by atoms with Gasteiger partial charge in [-0.25, -0.2) is 13.1 Å². The average Bonchev–Trinajstić information content (AvgIpc) is 2.29. The minimum Gasteiger partial charge on any atom is -0.383 e. The van der Waals surface area contributed by atoms with Gasteiger partial charge in [-0.2, -0.15) is 0 Å². The standard InChI is InChI=1S/C11H15NO4S/c1-9(13)10-3-5-11(6-4-10)17(14,15)12-7-8-16-2/h3-6,12H,7-8H2,1-2H3. The Morgan fingerprint density at radius 1 is 1.29 bits per heavy atom. The molecule has 0 aromatic heterocycles. The molecule has 1 aromatic rings. The first-order chi connectivity index (χ1) is 7.97. The van der Waals surface area contributed by atoms with E-state index in [2.05, 4.69) is 4.72 Å². The smallest absolute Gasteiger partial charge is 0.240 e. The summed E-state index contributed by atoms with van der Waals surface area (Å²) in [4.78, 5) is 11.2. The van der Waals surface area contributed by atoms with Gasteiger partial charge in [0.2, 0.25) is 10.0 Å². The average molecular weight is 257 g/mol. The number of carbonyl (C=O) groups is 1. The summed E-state index contributed by atoms with van der Waals surface area (Å²) in [5.41, 5.74) is 0.487. The Labute approximate surface area is 101 Å². The highest BCUT2D eigenvalue weighted by molar-refractivity contribution is 7.89. The van der Waals surface area contributed by atoms with Gasteiger partial charge in [0.15, 0.2) is 5.78 Å². The Morgan fingerprint density at radius 3 is 2.35 bits per heavy atom. The molecular formula is C11H15NO4S. The molecule has 0 aliphatic carbocycles. The predicted molar refractivity (Wildman–Crippen MR) is 63.5 cm³/mol. The third-order valence-corrected chi connectivity index (χ3v) is 3.65. The molecule has 1 N–H and O–H groups in total. The summed E-state index contributed by atoms with van der Waals surface area (Å²) in [6.07, 6.45) is 0. The van der Waals surface area contributed by atoms with Gasteiger partial charge in [-0.1, -0.05) is 12.1 Å². The molecule has 0 aliphatic heterocycles. The van der Waals surface area contributed by atoms with Crippen LogP contribution in [-0.2, 0) is 14.8 Å². The Hall–Kier alpha value is -1.24. The van der Waals surface area contributed by atoms with Crippen LogP contribution in [0.1, 0.15) is 17.3 Å². The second-order valence-corrected chi connectivity index (χ2v) is 5.24. The van der Waals surface area contributed by atoms with Gasteiger partial charge in [-0.05, 0) is 19.1 Å². The van der Waals surface area contributed by atoms with Crippen molar-refractivity contribution in [1.29, 1.82) is 0 Å². The minimum absolute atomic E-state index is 0.0960. The van der Waals surface area contributed by atoms with Crippen molar-refractivity contribution in [1.82, 2.24) is 4.72 Å². The lowest BCUT2D eigenvalue weighted by Crippen LogP contribution is -2.27. The number of hydrogen-bond donors (Lipinski definition) is 1. The maximum Gasteiger partial charge on any atom is 0.240 e. The van der Waals surface area contributed by atoms with Gasteiger partial charge in [0.05, 0.1) is 11.5 Å². The number of benzene rings is 1. The van der Waals surface area contributed by atoms with Crippen LogP contribution in [0.5, 0.6) is 0 Å². The van der Waals surface area contributed by atoms with Gasteiger partial charge < -0.3 is 4.74 Å². The lowest BCUT2D eigenvalue weighted by molar-refractivity contribution is 0.101. The minimum atomic E-state index is -3.52. The third-order valence-electron chi connectivity index (χ3n) is 2.17. The first-order valence-electron chi connectivity index (χ1n) is 5.07. The normalized spacial score (nSPS) is 11.4. The summed E-state index contributed by atoms with van der Waals surface area (Å²) in [7, 11) is -2.02. The maximum atomic E-state index is 11.7. The molecule has 5 nitrogen and oxygen atoms in total. The van der Waals surface area contributed by atoms with Crippen LogP contribution in [-0.4, -0.2) is 34.5 Å². The van der Waals surface area contributed by atoms with E-state index in [1.165, 1.54) is 38.3 Å². The summed E-state index contributed by atoms with van der Waals surface area (Å²) < 4.78 is 30.6. The molecule has 1 aromatic carbocycles. The zero-order chi connectivity index (χ0) is 12.9. The fourth-order valence-electron chi connectivity index (χ4n) is 1.23. The molecule has 0 atom stereocenters. The SMILES string of the molecule is COCCNS(=O)(=O)c1ccc(C(C)=O)cc1. The van der Waals surface area contributed by atoms with Crippen molar-refractivity contribution in [3.63, 3.8) is 0 Å². The summed E-state index contributed by atoms with van der Waals surface area (Å²) >= 11 is 0. The van der Waals surface area contributed by atoms with E-state index < -0.39 is 10.0 Å². The molecule has 94 valence electrons. The summed E-state index contributed by atoms with van der Waals surface area (Å²) in [6, 6.07) is 5.80. The van der Waals surface area contributed by atoms with Crippen LogP contribution >= 0.6 is 0 Å². The zero-order valence-corrected chi connectivity index (χ0v) is 10.6. The number of hydrogen-bond acceptors (Lipinski definition) is 4. The van der Waals surface area contributed by atoms with Gasteiger partial charge in [-0.15, -0.1) is 0 Å². The summed E-state index contributed by atoms with van der Waals surface area (Å²) in [5.74, 6) is -0.0960. The van der Waals surface area contributed by atoms with E-state index >= 15 is 0 Å². The molecule has 0 saturated heterocycles. The molecule has 0 bridgehead atoms. The van der Waals surface area contributed by atoms with Gasteiger partial charge in [-0.3, -0.25) is 4.79 Å². The Morgan fingerprint density at radius 2 is 1.88 bits per heavy atom. The molecule has 0 amide bonds. The first kappa shape index (κ1) is 13.8. The van der Waals surface area contributed by atoms with Crippen molar-refractivity contribution in [3.05, 3.63) is 29.8 Å². The lowest BCUT2D eigenvalue weighted by Gasteiger charge is -2.06. The Bertz CT molecular complexity index is 479. The number of rotatable bonds is 6. The number of carbonyl (C=O) groups excluding carboxylic acids is 1. The fourth-order valence-corrected chi connectivity index (χ4v) is 2.24. The second kappa shape index (κ2) is 5.90. The highest BCUT2D eigenvalue weighted by Crippen LogP contribution is 2.10. The predicted octanol–water partition coefficient (Wildman–Crippen LogP) is 0.814. The molecule has 1 rings (SSSR count). The van der Waals surface area contributed by atoms with Gasteiger partial charge in [0, 0.05) is 19.2 Å². The van der Waals surface area contributed by atoms with E-state index in [4.69, 9.17) is 4.74 Å². The quantitative estimate of drug-likeness (QED) is 0.604. The number of methoxy groups -OCH3 is 1. The molecule has 0 radical (unpaired) electrons. The Kier molecular flexibility index (Phi) is 4.80. The van der Waals surface area contributed by atoms with E-state index in [0.29, 0.717) is 12.2 Å². The molecule has 6 heteroatoms. The van der Waals surface area contributed by atoms with Crippen molar-refractivity contribution in [2.24, 2.45) is 0 Å². The number of ether oxygens (including phenoxy) is 1.